The fourth-order valence-electron chi connectivity index (χ4n) is 3.03. The number of carbonyl (C=O) groups is 1. The highest BCUT2D eigenvalue weighted by atomic mass is 16.1. The van der Waals surface area contributed by atoms with Gasteiger partial charge in [0.2, 0.25) is 0 Å². The zero-order valence-corrected chi connectivity index (χ0v) is 17.6. The lowest BCUT2D eigenvalue weighted by atomic mass is 10.1. The summed E-state index contributed by atoms with van der Waals surface area (Å²) in [5.41, 5.74) is 3.21. The second kappa shape index (κ2) is 9.37. The molecule has 0 unspecified atom stereocenters. The predicted molar refractivity (Wildman–Crippen MR) is 118 cm³/mol. The van der Waals surface area contributed by atoms with Crippen LogP contribution in [0.25, 0.3) is 11.4 Å². The monoisotopic (exact) mass is 391 g/mol. The number of hydrogen-bond acceptors (Lipinski definition) is 4. The number of H-pyrrole nitrogens is 1. The molecule has 0 aliphatic rings. The van der Waals surface area contributed by atoms with E-state index in [2.05, 4.69) is 53.2 Å². The normalized spacial score (nSPS) is 10.9. The zero-order valence-electron chi connectivity index (χ0n) is 17.6. The highest BCUT2D eigenvalue weighted by Crippen LogP contribution is 2.26. The SMILES string of the molecule is CCCCN(C)c1ccc(C(=O)Nc2ccccc2-c2n[nH]c(C(C)C)n2)cc1. The van der Waals surface area contributed by atoms with Crippen molar-refractivity contribution < 1.29 is 4.79 Å². The Labute approximate surface area is 172 Å². The summed E-state index contributed by atoms with van der Waals surface area (Å²) >= 11 is 0. The van der Waals surface area contributed by atoms with Gasteiger partial charge in [-0.1, -0.05) is 39.3 Å². The molecule has 1 amide bonds. The molecular formula is C23H29N5O. The molecule has 0 bridgehead atoms. The van der Waals surface area contributed by atoms with Crippen molar-refractivity contribution in [3.05, 3.63) is 59.9 Å². The largest absolute Gasteiger partial charge is 0.375 e. The number of aromatic nitrogens is 3. The van der Waals surface area contributed by atoms with E-state index in [0.29, 0.717) is 17.1 Å². The Morgan fingerprint density at radius 3 is 2.52 bits per heavy atom. The number of anilines is 2. The van der Waals surface area contributed by atoms with Gasteiger partial charge in [0.25, 0.3) is 5.91 Å². The van der Waals surface area contributed by atoms with E-state index in [1.54, 1.807) is 0 Å². The van der Waals surface area contributed by atoms with Gasteiger partial charge in [0.05, 0.1) is 5.69 Å². The summed E-state index contributed by atoms with van der Waals surface area (Å²) in [5, 5.41) is 10.3. The van der Waals surface area contributed by atoms with E-state index < -0.39 is 0 Å². The first-order valence-corrected chi connectivity index (χ1v) is 10.1. The second-order valence-electron chi connectivity index (χ2n) is 7.52. The van der Waals surface area contributed by atoms with E-state index in [1.165, 1.54) is 0 Å². The van der Waals surface area contributed by atoms with Crippen molar-refractivity contribution in [2.75, 3.05) is 23.8 Å². The van der Waals surface area contributed by atoms with Crippen LogP contribution in [0.1, 0.15) is 55.7 Å². The minimum atomic E-state index is -0.153. The minimum absolute atomic E-state index is 0.153. The third-order valence-corrected chi connectivity index (χ3v) is 4.88. The quantitative estimate of drug-likeness (QED) is 0.561. The number of hydrogen-bond donors (Lipinski definition) is 2. The molecule has 0 atom stereocenters. The Morgan fingerprint density at radius 1 is 1.14 bits per heavy atom. The molecule has 6 nitrogen and oxygen atoms in total. The van der Waals surface area contributed by atoms with Gasteiger partial charge < -0.3 is 10.2 Å². The van der Waals surface area contributed by atoms with E-state index in [4.69, 9.17) is 0 Å². The van der Waals surface area contributed by atoms with Crippen LogP contribution in [0.3, 0.4) is 0 Å². The Kier molecular flexibility index (Phi) is 6.65. The van der Waals surface area contributed by atoms with Gasteiger partial charge in [0, 0.05) is 36.3 Å². The molecule has 2 N–H and O–H groups in total. The number of rotatable bonds is 8. The first-order valence-electron chi connectivity index (χ1n) is 10.1. The lowest BCUT2D eigenvalue weighted by Gasteiger charge is -2.19. The zero-order chi connectivity index (χ0) is 20.8. The van der Waals surface area contributed by atoms with Crippen LogP contribution in [0.2, 0.25) is 0 Å². The molecule has 1 aromatic heterocycles. The molecule has 0 saturated heterocycles. The minimum Gasteiger partial charge on any atom is -0.375 e. The number of aromatic amines is 1. The molecule has 6 heteroatoms. The molecule has 0 aliphatic carbocycles. The summed E-state index contributed by atoms with van der Waals surface area (Å²) in [6.07, 6.45) is 2.31. The lowest BCUT2D eigenvalue weighted by Crippen LogP contribution is -2.18. The second-order valence-corrected chi connectivity index (χ2v) is 7.52. The maximum absolute atomic E-state index is 12.8. The number of unbranched alkanes of at least 4 members (excludes halogenated alkanes) is 1. The van der Waals surface area contributed by atoms with Gasteiger partial charge >= 0.3 is 0 Å². The average Bonchev–Trinajstić information content (AvgIpc) is 3.23. The summed E-state index contributed by atoms with van der Waals surface area (Å²) in [4.78, 5) is 19.5. The molecule has 29 heavy (non-hydrogen) atoms. The summed E-state index contributed by atoms with van der Waals surface area (Å²) in [5.74, 6) is 1.51. The average molecular weight is 392 g/mol. The van der Waals surface area contributed by atoms with Crippen molar-refractivity contribution in [2.45, 2.75) is 39.5 Å². The van der Waals surface area contributed by atoms with E-state index >= 15 is 0 Å². The van der Waals surface area contributed by atoms with Crippen LogP contribution in [-0.4, -0.2) is 34.7 Å². The van der Waals surface area contributed by atoms with Crippen molar-refractivity contribution in [1.29, 1.82) is 0 Å². The van der Waals surface area contributed by atoms with Crippen LogP contribution in [0.5, 0.6) is 0 Å². The molecular weight excluding hydrogens is 362 g/mol. The van der Waals surface area contributed by atoms with Crippen molar-refractivity contribution in [1.82, 2.24) is 15.2 Å². The molecule has 152 valence electrons. The highest BCUT2D eigenvalue weighted by Gasteiger charge is 2.15. The standard InChI is InChI=1S/C23H29N5O/c1-5-6-15-28(4)18-13-11-17(12-14-18)23(29)24-20-10-8-7-9-19(20)22-25-21(16(2)3)26-27-22/h7-14,16H,5-6,15H2,1-4H3,(H,24,29)(H,25,26,27). The summed E-state index contributed by atoms with van der Waals surface area (Å²) in [7, 11) is 2.07. The number of nitrogens with zero attached hydrogens (tertiary/aromatic N) is 3. The number of para-hydroxylation sites is 1. The third-order valence-electron chi connectivity index (χ3n) is 4.88. The van der Waals surface area contributed by atoms with Gasteiger partial charge in [0.1, 0.15) is 5.82 Å². The van der Waals surface area contributed by atoms with Crippen LogP contribution < -0.4 is 10.2 Å². The summed E-state index contributed by atoms with van der Waals surface area (Å²) < 4.78 is 0. The Balaban J connectivity index is 1.75. The molecule has 3 aromatic rings. The molecule has 0 spiro atoms. The molecule has 1 heterocycles. The van der Waals surface area contributed by atoms with Gasteiger partial charge in [-0.15, -0.1) is 0 Å². The Bertz CT molecular complexity index is 946. The van der Waals surface area contributed by atoms with Crippen LogP contribution in [0.4, 0.5) is 11.4 Å². The predicted octanol–water partition coefficient (Wildman–Crippen LogP) is 5.08. The van der Waals surface area contributed by atoms with Crippen molar-refractivity contribution in [2.24, 2.45) is 0 Å². The number of nitrogens with one attached hydrogen (secondary N) is 2. The fourth-order valence-corrected chi connectivity index (χ4v) is 3.03. The maximum Gasteiger partial charge on any atom is 0.255 e. The van der Waals surface area contributed by atoms with E-state index in [1.807, 2.05) is 48.5 Å². The first-order chi connectivity index (χ1) is 14.0. The first kappa shape index (κ1) is 20.6. The van der Waals surface area contributed by atoms with Gasteiger partial charge in [0.15, 0.2) is 5.82 Å². The van der Waals surface area contributed by atoms with Gasteiger partial charge in [-0.05, 0) is 42.8 Å². The van der Waals surface area contributed by atoms with Crippen molar-refractivity contribution in [3.63, 3.8) is 0 Å². The number of benzene rings is 2. The molecule has 0 fully saturated rings. The number of carbonyl (C=O) groups excluding carboxylic acids is 1. The number of amides is 1. The molecule has 2 aromatic carbocycles. The molecule has 0 saturated carbocycles. The summed E-state index contributed by atoms with van der Waals surface area (Å²) in [6.45, 7) is 7.30. The maximum atomic E-state index is 12.8. The van der Waals surface area contributed by atoms with Crippen molar-refractivity contribution in [3.8, 4) is 11.4 Å². The molecule has 0 aliphatic heterocycles. The topological polar surface area (TPSA) is 73.9 Å². The van der Waals surface area contributed by atoms with Crippen molar-refractivity contribution >= 4 is 17.3 Å². The van der Waals surface area contributed by atoms with Crippen LogP contribution in [-0.2, 0) is 0 Å². The summed E-state index contributed by atoms with van der Waals surface area (Å²) in [6, 6.07) is 15.3. The van der Waals surface area contributed by atoms with E-state index in [-0.39, 0.29) is 11.8 Å². The van der Waals surface area contributed by atoms with Crippen LogP contribution in [0, 0.1) is 0 Å². The van der Waals surface area contributed by atoms with E-state index in [0.717, 1.165) is 36.5 Å². The van der Waals surface area contributed by atoms with E-state index in [9.17, 15) is 4.79 Å². The van der Waals surface area contributed by atoms with Crippen LogP contribution in [0.15, 0.2) is 48.5 Å². The van der Waals surface area contributed by atoms with Gasteiger partial charge in [-0.2, -0.15) is 5.10 Å². The third kappa shape index (κ3) is 5.02. The smallest absolute Gasteiger partial charge is 0.255 e. The Hall–Kier alpha value is -3.15. The highest BCUT2D eigenvalue weighted by molar-refractivity contribution is 6.06. The Morgan fingerprint density at radius 2 is 1.86 bits per heavy atom. The van der Waals surface area contributed by atoms with Gasteiger partial charge in [-0.25, -0.2) is 4.98 Å². The fraction of sp³-hybridized carbons (Fsp3) is 0.348. The molecule has 3 rings (SSSR count). The van der Waals surface area contributed by atoms with Gasteiger partial charge in [-0.3, -0.25) is 9.89 Å². The van der Waals surface area contributed by atoms with Crippen LogP contribution >= 0.6 is 0 Å². The molecule has 0 radical (unpaired) electrons. The lowest BCUT2D eigenvalue weighted by molar-refractivity contribution is 0.102.